The molecule has 0 saturated heterocycles. The molecule has 0 saturated carbocycles. The lowest BCUT2D eigenvalue weighted by Gasteiger charge is -1.97. The normalized spacial score (nSPS) is 11.0. The van der Waals surface area contributed by atoms with Gasteiger partial charge in [0.25, 0.3) is 5.91 Å². The lowest BCUT2D eigenvalue weighted by atomic mass is 10.3. The van der Waals surface area contributed by atoms with Crippen LogP contribution >= 0.6 is 11.3 Å². The maximum Gasteiger partial charge on any atom is 0.325 e. The number of aryl methyl sites for hydroxylation is 1. The van der Waals surface area contributed by atoms with Crippen molar-refractivity contribution in [3.05, 3.63) is 23.9 Å². The van der Waals surface area contributed by atoms with Crippen LogP contribution < -0.4 is 5.73 Å². The summed E-state index contributed by atoms with van der Waals surface area (Å²) in [5.74, 6) is -1.21. The van der Waals surface area contributed by atoms with Gasteiger partial charge in [-0.15, -0.1) is 0 Å². The van der Waals surface area contributed by atoms with Crippen LogP contribution in [0.1, 0.15) is 16.3 Å². The minimum Gasteiger partial charge on any atom is -0.480 e. The highest BCUT2D eigenvalue weighted by Crippen LogP contribution is 2.31. The minimum atomic E-state index is -1.07. The van der Waals surface area contributed by atoms with E-state index in [1.165, 1.54) is 16.0 Å². The summed E-state index contributed by atoms with van der Waals surface area (Å²) in [7, 11) is 0. The number of thiazole rings is 1. The Labute approximate surface area is 127 Å². The number of amides is 1. The molecule has 0 aliphatic carbocycles. The minimum absolute atomic E-state index is 0.0493. The molecule has 0 aromatic carbocycles. The molecule has 9 nitrogen and oxygen atoms in total. The van der Waals surface area contributed by atoms with E-state index < -0.39 is 11.9 Å². The zero-order valence-electron chi connectivity index (χ0n) is 11.3. The quantitative estimate of drug-likeness (QED) is 0.712. The van der Waals surface area contributed by atoms with Gasteiger partial charge in [0.2, 0.25) is 0 Å². The second-order valence-corrected chi connectivity index (χ2v) is 5.43. The Kier molecular flexibility index (Phi) is 3.29. The summed E-state index contributed by atoms with van der Waals surface area (Å²) in [5, 5.41) is 13.4. The molecule has 10 heteroatoms. The Morgan fingerprint density at radius 2 is 2.05 bits per heavy atom. The predicted octanol–water partition coefficient (Wildman–Crippen LogP) is 0.442. The van der Waals surface area contributed by atoms with E-state index in [2.05, 4.69) is 20.1 Å². The molecule has 3 aromatic heterocycles. The van der Waals surface area contributed by atoms with Crippen molar-refractivity contribution in [1.29, 1.82) is 0 Å². The van der Waals surface area contributed by atoms with Crippen LogP contribution in [0.4, 0.5) is 0 Å². The third kappa shape index (κ3) is 2.39. The highest BCUT2D eigenvalue weighted by Gasteiger charge is 2.21. The summed E-state index contributed by atoms with van der Waals surface area (Å²) in [6.07, 6.45) is 3.22. The Morgan fingerprint density at radius 3 is 2.64 bits per heavy atom. The highest BCUT2D eigenvalue weighted by atomic mass is 32.1. The number of hydrogen-bond donors (Lipinski definition) is 2. The van der Waals surface area contributed by atoms with Crippen molar-refractivity contribution < 1.29 is 14.7 Å². The SMILES string of the molecule is Cc1ncc(-c2nc3c(C(N)=O)nn(CC(=O)O)c3s2)cn1. The third-order valence-corrected chi connectivity index (χ3v) is 3.95. The summed E-state index contributed by atoms with van der Waals surface area (Å²) in [5.41, 5.74) is 6.18. The van der Waals surface area contributed by atoms with E-state index in [0.29, 0.717) is 21.2 Å². The topological polar surface area (TPSA) is 137 Å². The third-order valence-electron chi connectivity index (χ3n) is 2.84. The number of carboxylic acid groups (broad SMARTS) is 1. The van der Waals surface area contributed by atoms with Crippen LogP contribution in [0.25, 0.3) is 20.9 Å². The average molecular weight is 318 g/mol. The molecule has 112 valence electrons. The number of nitrogens with zero attached hydrogens (tertiary/aromatic N) is 5. The van der Waals surface area contributed by atoms with E-state index in [-0.39, 0.29) is 17.8 Å². The number of carboxylic acids is 1. The first-order valence-corrected chi connectivity index (χ1v) is 6.95. The van der Waals surface area contributed by atoms with Crippen LogP contribution in [-0.4, -0.2) is 41.7 Å². The van der Waals surface area contributed by atoms with Gasteiger partial charge in [0, 0.05) is 18.0 Å². The van der Waals surface area contributed by atoms with Crippen LogP contribution in [0.5, 0.6) is 0 Å². The van der Waals surface area contributed by atoms with Crippen molar-refractivity contribution in [2.45, 2.75) is 13.5 Å². The second kappa shape index (κ2) is 5.15. The molecule has 22 heavy (non-hydrogen) atoms. The van der Waals surface area contributed by atoms with Gasteiger partial charge in [-0.05, 0) is 6.92 Å². The molecule has 0 atom stereocenters. The Morgan fingerprint density at radius 1 is 1.36 bits per heavy atom. The Bertz CT molecular complexity index is 882. The van der Waals surface area contributed by atoms with Gasteiger partial charge in [0.15, 0.2) is 5.69 Å². The maximum atomic E-state index is 11.4. The van der Waals surface area contributed by atoms with Crippen molar-refractivity contribution in [1.82, 2.24) is 24.7 Å². The zero-order chi connectivity index (χ0) is 15.9. The highest BCUT2D eigenvalue weighted by molar-refractivity contribution is 7.21. The van der Waals surface area contributed by atoms with E-state index in [1.54, 1.807) is 19.3 Å². The first-order chi connectivity index (χ1) is 10.5. The maximum absolute atomic E-state index is 11.4. The molecule has 0 radical (unpaired) electrons. The molecule has 0 spiro atoms. The summed E-state index contributed by atoms with van der Waals surface area (Å²) in [4.78, 5) is 35.3. The number of fused-ring (bicyclic) bond motifs is 1. The van der Waals surface area contributed by atoms with Crippen LogP contribution in [-0.2, 0) is 11.3 Å². The van der Waals surface area contributed by atoms with Crippen molar-refractivity contribution in [2.24, 2.45) is 5.73 Å². The lowest BCUT2D eigenvalue weighted by Crippen LogP contribution is -2.15. The second-order valence-electron chi connectivity index (χ2n) is 4.46. The number of primary amides is 1. The Hall–Kier alpha value is -2.88. The van der Waals surface area contributed by atoms with Gasteiger partial charge < -0.3 is 10.8 Å². The van der Waals surface area contributed by atoms with Crippen molar-refractivity contribution >= 4 is 33.6 Å². The molecule has 0 aliphatic heterocycles. The fourth-order valence-corrected chi connectivity index (χ4v) is 2.88. The number of carbonyl (C=O) groups is 2. The van der Waals surface area contributed by atoms with E-state index in [0.717, 1.165) is 0 Å². The van der Waals surface area contributed by atoms with Crippen LogP contribution in [0.15, 0.2) is 12.4 Å². The monoisotopic (exact) mass is 318 g/mol. The predicted molar refractivity (Wildman–Crippen MR) is 77.3 cm³/mol. The largest absolute Gasteiger partial charge is 0.480 e. The summed E-state index contributed by atoms with van der Waals surface area (Å²) in [6.45, 7) is 1.38. The number of nitrogens with two attached hydrogens (primary N) is 1. The van der Waals surface area contributed by atoms with E-state index in [1.807, 2.05) is 0 Å². The average Bonchev–Trinajstić information content (AvgIpc) is 2.99. The fourth-order valence-electron chi connectivity index (χ4n) is 1.88. The number of rotatable bonds is 4. The van der Waals surface area contributed by atoms with Crippen LogP contribution in [0.3, 0.4) is 0 Å². The zero-order valence-corrected chi connectivity index (χ0v) is 12.2. The Balaban J connectivity index is 2.17. The number of carbonyl (C=O) groups excluding carboxylic acids is 1. The van der Waals surface area contributed by atoms with Gasteiger partial charge in [-0.25, -0.2) is 19.6 Å². The number of aliphatic carboxylic acids is 1. The van der Waals surface area contributed by atoms with Gasteiger partial charge in [0.1, 0.15) is 27.7 Å². The summed E-state index contributed by atoms with van der Waals surface area (Å²) >= 11 is 1.20. The smallest absolute Gasteiger partial charge is 0.325 e. The number of aromatic nitrogens is 5. The van der Waals surface area contributed by atoms with Gasteiger partial charge in [-0.3, -0.25) is 9.59 Å². The molecule has 1 amide bonds. The molecule has 0 bridgehead atoms. The fraction of sp³-hybridized carbons (Fsp3) is 0.167. The molecule has 0 unspecified atom stereocenters. The molecular weight excluding hydrogens is 308 g/mol. The molecule has 0 aliphatic rings. The molecule has 3 aromatic rings. The molecule has 3 heterocycles. The van der Waals surface area contributed by atoms with Gasteiger partial charge in [-0.1, -0.05) is 11.3 Å². The lowest BCUT2D eigenvalue weighted by molar-refractivity contribution is -0.137. The first kappa shape index (κ1) is 14.1. The van der Waals surface area contributed by atoms with Crippen LogP contribution in [0.2, 0.25) is 0 Å². The van der Waals surface area contributed by atoms with E-state index >= 15 is 0 Å². The van der Waals surface area contributed by atoms with Crippen molar-refractivity contribution in [3.8, 4) is 10.6 Å². The van der Waals surface area contributed by atoms with Gasteiger partial charge in [-0.2, -0.15) is 5.10 Å². The summed E-state index contributed by atoms with van der Waals surface area (Å²) < 4.78 is 1.20. The van der Waals surface area contributed by atoms with Crippen LogP contribution in [0, 0.1) is 6.92 Å². The summed E-state index contributed by atoms with van der Waals surface area (Å²) in [6, 6.07) is 0. The molecular formula is C12H10N6O3S. The molecule has 3 N–H and O–H groups in total. The molecule has 3 rings (SSSR count). The number of hydrogen-bond acceptors (Lipinski definition) is 7. The van der Waals surface area contributed by atoms with Crippen molar-refractivity contribution in [2.75, 3.05) is 0 Å². The standard InChI is InChI=1S/C12H10N6O3S/c1-5-14-2-6(3-15-5)11-16-9-8(10(13)21)17-18(4-7(19)20)12(9)22-11/h2-3H,4H2,1H3,(H2,13,21)(H,19,20). The first-order valence-electron chi connectivity index (χ1n) is 6.13. The van der Waals surface area contributed by atoms with E-state index in [4.69, 9.17) is 10.8 Å². The molecule has 0 fully saturated rings. The van der Waals surface area contributed by atoms with Gasteiger partial charge in [0.05, 0.1) is 0 Å². The van der Waals surface area contributed by atoms with Crippen molar-refractivity contribution in [3.63, 3.8) is 0 Å². The van der Waals surface area contributed by atoms with Gasteiger partial charge >= 0.3 is 5.97 Å². The van der Waals surface area contributed by atoms with E-state index in [9.17, 15) is 9.59 Å².